The Morgan fingerprint density at radius 3 is 2.61 bits per heavy atom. The van der Waals surface area contributed by atoms with Crippen LogP contribution in [0.1, 0.15) is 74.1 Å². The van der Waals surface area contributed by atoms with Crippen LogP contribution < -0.4 is 4.90 Å². The van der Waals surface area contributed by atoms with Gasteiger partial charge in [-0.2, -0.15) is 0 Å². The highest BCUT2D eigenvalue weighted by Crippen LogP contribution is 2.42. The summed E-state index contributed by atoms with van der Waals surface area (Å²) in [6.07, 6.45) is 2.28. The summed E-state index contributed by atoms with van der Waals surface area (Å²) in [5.74, 6) is -0.116. The molecule has 0 saturated carbocycles. The van der Waals surface area contributed by atoms with Gasteiger partial charge in [0.1, 0.15) is 11.1 Å². The number of aryl methyl sites for hydroxylation is 1. The molecule has 0 radical (unpaired) electrons. The van der Waals surface area contributed by atoms with Crippen molar-refractivity contribution in [2.75, 3.05) is 31.1 Å². The summed E-state index contributed by atoms with van der Waals surface area (Å²) >= 11 is 0. The van der Waals surface area contributed by atoms with Gasteiger partial charge >= 0.3 is 12.1 Å². The summed E-state index contributed by atoms with van der Waals surface area (Å²) in [6, 6.07) is 8.64. The van der Waals surface area contributed by atoms with Gasteiger partial charge in [-0.1, -0.05) is 12.1 Å². The van der Waals surface area contributed by atoms with Crippen LogP contribution in [0.5, 0.6) is 0 Å². The number of esters is 1. The minimum atomic E-state index is -2.71. The van der Waals surface area contributed by atoms with E-state index in [0.29, 0.717) is 60.4 Å². The lowest BCUT2D eigenvalue weighted by Crippen LogP contribution is -2.39. The SMILES string of the molecule is CCOC(=O)c1cc2cccnc2c(N2CCCc3cc(C4=CCN(C(=O)OC(C)(C)C)CC4)c(C(F)F)cc32)n1. The normalized spacial score (nSPS) is 15.5. The molecule has 0 bridgehead atoms. The van der Waals surface area contributed by atoms with Crippen molar-refractivity contribution in [3.05, 3.63) is 65.0 Å². The third-order valence-electron chi connectivity index (χ3n) is 7.12. The largest absolute Gasteiger partial charge is 0.461 e. The summed E-state index contributed by atoms with van der Waals surface area (Å²) in [6.45, 7) is 8.57. The first-order valence-electron chi connectivity index (χ1n) is 13.9. The highest BCUT2D eigenvalue weighted by atomic mass is 19.3. The second-order valence-electron chi connectivity index (χ2n) is 11.2. The first kappa shape index (κ1) is 28.4. The number of anilines is 2. The molecule has 2 aliphatic heterocycles. The number of pyridine rings is 2. The topological polar surface area (TPSA) is 84.9 Å². The number of aromatic nitrogens is 2. The number of fused-ring (bicyclic) bond motifs is 2. The van der Waals surface area contributed by atoms with Gasteiger partial charge in [0.05, 0.1) is 6.61 Å². The molecular weight excluding hydrogens is 530 g/mol. The molecule has 10 heteroatoms. The van der Waals surface area contributed by atoms with Gasteiger partial charge in [-0.25, -0.2) is 23.4 Å². The smallest absolute Gasteiger partial charge is 0.410 e. The Labute approximate surface area is 238 Å². The maximum absolute atomic E-state index is 14.6. The molecule has 0 aliphatic carbocycles. The van der Waals surface area contributed by atoms with Crippen LogP contribution in [0.3, 0.4) is 0 Å². The number of rotatable bonds is 5. The van der Waals surface area contributed by atoms with Crippen LogP contribution in [0, 0.1) is 0 Å². The van der Waals surface area contributed by atoms with Crippen molar-refractivity contribution in [1.29, 1.82) is 0 Å². The fourth-order valence-corrected chi connectivity index (χ4v) is 5.30. The van der Waals surface area contributed by atoms with E-state index in [1.807, 2.05) is 43.9 Å². The number of carbonyl (C=O) groups excluding carboxylic acids is 2. The molecule has 2 aromatic heterocycles. The van der Waals surface area contributed by atoms with Gasteiger partial charge in [-0.15, -0.1) is 0 Å². The monoisotopic (exact) mass is 564 g/mol. The quantitative estimate of drug-likeness (QED) is 0.313. The summed E-state index contributed by atoms with van der Waals surface area (Å²) in [4.78, 5) is 37.7. The lowest BCUT2D eigenvalue weighted by molar-refractivity contribution is 0.0270. The molecule has 4 heterocycles. The second-order valence-corrected chi connectivity index (χ2v) is 11.2. The number of hydrogen-bond donors (Lipinski definition) is 0. The van der Waals surface area contributed by atoms with E-state index in [9.17, 15) is 18.4 Å². The number of hydrogen-bond acceptors (Lipinski definition) is 7. The molecule has 0 spiro atoms. The summed E-state index contributed by atoms with van der Waals surface area (Å²) in [5.41, 5.74) is 2.86. The summed E-state index contributed by atoms with van der Waals surface area (Å²) in [5, 5.41) is 0.709. The van der Waals surface area contributed by atoms with Crippen molar-refractivity contribution in [2.24, 2.45) is 0 Å². The first-order valence-corrected chi connectivity index (χ1v) is 13.9. The maximum Gasteiger partial charge on any atom is 0.410 e. The van der Waals surface area contributed by atoms with Crippen molar-refractivity contribution >= 4 is 40.0 Å². The van der Waals surface area contributed by atoms with Crippen LogP contribution in [0.4, 0.5) is 25.1 Å². The average molecular weight is 565 g/mol. The Morgan fingerprint density at radius 2 is 1.93 bits per heavy atom. The minimum absolute atomic E-state index is 0.0774. The fourth-order valence-electron chi connectivity index (χ4n) is 5.30. The molecule has 8 nitrogen and oxygen atoms in total. The van der Waals surface area contributed by atoms with E-state index in [0.717, 1.165) is 17.6 Å². The number of alkyl halides is 2. The highest BCUT2D eigenvalue weighted by Gasteiger charge is 2.29. The van der Waals surface area contributed by atoms with Crippen LogP contribution in [0.25, 0.3) is 16.5 Å². The van der Waals surface area contributed by atoms with E-state index < -0.39 is 24.1 Å². The first-order chi connectivity index (χ1) is 19.6. The maximum atomic E-state index is 14.6. The van der Waals surface area contributed by atoms with Crippen molar-refractivity contribution in [3.63, 3.8) is 0 Å². The number of nitrogens with zero attached hydrogens (tertiary/aromatic N) is 4. The van der Waals surface area contributed by atoms with Crippen LogP contribution in [0.2, 0.25) is 0 Å². The molecule has 1 aromatic carbocycles. The molecule has 0 unspecified atom stereocenters. The molecule has 3 aromatic rings. The summed E-state index contributed by atoms with van der Waals surface area (Å²) in [7, 11) is 0. The predicted molar refractivity (Wildman–Crippen MR) is 153 cm³/mol. The number of amides is 1. The van der Waals surface area contributed by atoms with E-state index in [1.165, 1.54) is 0 Å². The van der Waals surface area contributed by atoms with E-state index >= 15 is 0 Å². The standard InChI is InChI=1S/C31H34F2N4O4/c1-5-40-29(38)24-17-21-8-6-12-34-26(21)28(35-24)37-13-7-9-20-16-22(23(27(32)33)18-25(20)37)19-10-14-36(15-11-19)30(39)41-31(2,3)4/h6,8,10,12,16-18,27H,5,7,9,11,13-15H2,1-4H3. The Kier molecular flexibility index (Phi) is 7.93. The van der Waals surface area contributed by atoms with Gasteiger partial charge in [-0.3, -0.25) is 4.98 Å². The van der Waals surface area contributed by atoms with Crippen molar-refractivity contribution < 1.29 is 27.8 Å². The molecule has 0 atom stereocenters. The van der Waals surface area contributed by atoms with E-state index in [4.69, 9.17) is 9.47 Å². The number of ether oxygens (including phenoxy) is 2. The minimum Gasteiger partial charge on any atom is -0.461 e. The van der Waals surface area contributed by atoms with E-state index in [1.54, 1.807) is 36.2 Å². The second kappa shape index (κ2) is 11.4. The van der Waals surface area contributed by atoms with Gasteiger partial charge in [0, 0.05) is 42.5 Å². The molecule has 2 aliphatic rings. The van der Waals surface area contributed by atoms with E-state index in [2.05, 4.69) is 9.97 Å². The Bertz CT molecular complexity index is 1520. The molecular formula is C31H34F2N4O4. The fraction of sp³-hybridized carbons (Fsp3) is 0.419. The van der Waals surface area contributed by atoms with Crippen LogP contribution in [0.15, 0.2) is 42.6 Å². The van der Waals surface area contributed by atoms with Crippen molar-refractivity contribution in [1.82, 2.24) is 14.9 Å². The van der Waals surface area contributed by atoms with Gasteiger partial charge in [0.15, 0.2) is 11.5 Å². The Hall–Kier alpha value is -4.08. The van der Waals surface area contributed by atoms with Crippen LogP contribution in [-0.2, 0) is 15.9 Å². The third-order valence-corrected chi connectivity index (χ3v) is 7.12. The van der Waals surface area contributed by atoms with Crippen LogP contribution in [-0.4, -0.2) is 58.8 Å². The van der Waals surface area contributed by atoms with Crippen LogP contribution >= 0.6 is 0 Å². The van der Waals surface area contributed by atoms with Crippen molar-refractivity contribution in [2.45, 2.75) is 59.0 Å². The zero-order valence-corrected chi connectivity index (χ0v) is 23.7. The van der Waals surface area contributed by atoms with E-state index in [-0.39, 0.29) is 17.9 Å². The zero-order valence-electron chi connectivity index (χ0n) is 23.7. The molecule has 1 amide bonds. The number of halogens is 2. The summed E-state index contributed by atoms with van der Waals surface area (Å²) < 4.78 is 39.8. The molecule has 5 rings (SSSR count). The molecule has 41 heavy (non-hydrogen) atoms. The van der Waals surface area contributed by atoms with Gasteiger partial charge in [0.2, 0.25) is 0 Å². The molecule has 0 N–H and O–H groups in total. The Balaban J connectivity index is 1.54. The third kappa shape index (κ3) is 6.01. The molecule has 0 saturated heterocycles. The van der Waals surface area contributed by atoms with Gasteiger partial charge in [0.25, 0.3) is 6.43 Å². The number of carbonyl (C=O) groups is 2. The molecule has 216 valence electrons. The number of benzene rings is 1. The lowest BCUT2D eigenvalue weighted by atomic mass is 9.89. The average Bonchev–Trinajstić information content (AvgIpc) is 2.95. The zero-order chi connectivity index (χ0) is 29.3. The Morgan fingerprint density at radius 1 is 1.12 bits per heavy atom. The highest BCUT2D eigenvalue weighted by molar-refractivity contribution is 5.98. The van der Waals surface area contributed by atoms with Gasteiger partial charge in [-0.05, 0) is 87.9 Å². The molecule has 0 fully saturated rings. The lowest BCUT2D eigenvalue weighted by Gasteiger charge is -2.33. The predicted octanol–water partition coefficient (Wildman–Crippen LogP) is 6.85. The van der Waals surface area contributed by atoms with Crippen molar-refractivity contribution in [3.8, 4) is 0 Å². The van der Waals surface area contributed by atoms with Gasteiger partial charge < -0.3 is 19.3 Å².